The first-order valence-electron chi connectivity index (χ1n) is 6.45. The largest absolute Gasteiger partial charge is 0.495 e. The van der Waals surface area contributed by atoms with Gasteiger partial charge in [0.05, 0.1) is 7.11 Å². The van der Waals surface area contributed by atoms with Gasteiger partial charge in [0.15, 0.2) is 5.76 Å². The van der Waals surface area contributed by atoms with Crippen LogP contribution in [-0.4, -0.2) is 41.0 Å². The molecule has 1 aromatic carbocycles. The van der Waals surface area contributed by atoms with Crippen molar-refractivity contribution in [2.24, 2.45) is 0 Å². The molecule has 5 heteroatoms. The second-order valence-electron chi connectivity index (χ2n) is 5.25. The van der Waals surface area contributed by atoms with E-state index < -0.39 is 13.9 Å². The van der Waals surface area contributed by atoms with Crippen molar-refractivity contribution in [3.05, 3.63) is 41.3 Å². The number of ketones is 1. The molecule has 0 N–H and O–H groups in total. The molecule has 4 nitrogen and oxygen atoms in total. The molecule has 1 aromatic rings. The van der Waals surface area contributed by atoms with Crippen molar-refractivity contribution in [2.45, 2.75) is 18.9 Å². The first kappa shape index (κ1) is 15.0. The molecule has 0 radical (unpaired) electrons. The van der Waals surface area contributed by atoms with Gasteiger partial charge >= 0.3 is 0 Å². The minimum absolute atomic E-state index is 0.125. The lowest BCUT2D eigenvalue weighted by Crippen LogP contribution is -2.63. The van der Waals surface area contributed by atoms with Crippen LogP contribution < -0.4 is 5.19 Å². The van der Waals surface area contributed by atoms with Crippen molar-refractivity contribution in [3.8, 4) is 0 Å². The van der Waals surface area contributed by atoms with Gasteiger partial charge in [0.2, 0.25) is 5.78 Å². The van der Waals surface area contributed by atoms with Crippen LogP contribution in [0.2, 0.25) is 13.1 Å². The summed E-state index contributed by atoms with van der Waals surface area (Å²) in [5.41, 5.74) is 0. The van der Waals surface area contributed by atoms with E-state index in [1.54, 1.807) is 7.11 Å². The van der Waals surface area contributed by atoms with Gasteiger partial charge in [-0.15, -0.1) is 0 Å². The summed E-state index contributed by atoms with van der Waals surface area (Å²) in [6.45, 7) is 4.26. The van der Waals surface area contributed by atoms with E-state index in [1.807, 2.05) is 18.2 Å². The molecule has 0 saturated heterocycles. The summed E-state index contributed by atoms with van der Waals surface area (Å²) in [6, 6.07) is 10.1. The number of hydrogen-bond acceptors (Lipinski definition) is 4. The SMILES string of the molecule is COC1=C([Si](C)(C)c2ccccc2)C(=O)C1(OC)OC. The number of rotatable bonds is 5. The van der Waals surface area contributed by atoms with Crippen LogP contribution in [0.4, 0.5) is 0 Å². The lowest BCUT2D eigenvalue weighted by atomic mass is 9.96. The van der Waals surface area contributed by atoms with Crippen LogP contribution >= 0.6 is 0 Å². The van der Waals surface area contributed by atoms with Crippen molar-refractivity contribution in [2.75, 3.05) is 21.3 Å². The fourth-order valence-corrected chi connectivity index (χ4v) is 5.61. The molecular weight excluding hydrogens is 272 g/mol. The van der Waals surface area contributed by atoms with Crippen molar-refractivity contribution in [3.63, 3.8) is 0 Å². The molecule has 0 bridgehead atoms. The Balaban J connectivity index is 2.55. The number of Topliss-reactive ketones (excluding diaryl/α,β-unsaturated/α-hetero) is 1. The minimum Gasteiger partial charge on any atom is -0.495 e. The van der Waals surface area contributed by atoms with Crippen molar-refractivity contribution >= 4 is 19.0 Å². The van der Waals surface area contributed by atoms with Crippen molar-refractivity contribution < 1.29 is 19.0 Å². The Morgan fingerprint density at radius 3 is 2.00 bits per heavy atom. The normalized spacial score (nSPS) is 17.9. The van der Waals surface area contributed by atoms with E-state index in [1.165, 1.54) is 19.4 Å². The van der Waals surface area contributed by atoms with Crippen LogP contribution in [0.3, 0.4) is 0 Å². The third kappa shape index (κ3) is 1.85. The lowest BCUT2D eigenvalue weighted by molar-refractivity contribution is -0.210. The Morgan fingerprint density at radius 2 is 1.55 bits per heavy atom. The zero-order valence-corrected chi connectivity index (χ0v) is 13.5. The summed E-state index contributed by atoms with van der Waals surface area (Å²) in [6.07, 6.45) is 0. The summed E-state index contributed by atoms with van der Waals surface area (Å²) < 4.78 is 16.0. The summed E-state index contributed by atoms with van der Waals surface area (Å²) in [4.78, 5) is 12.6. The van der Waals surface area contributed by atoms with E-state index in [-0.39, 0.29) is 5.78 Å². The predicted molar refractivity (Wildman–Crippen MR) is 79.3 cm³/mol. The van der Waals surface area contributed by atoms with Crippen molar-refractivity contribution in [1.29, 1.82) is 0 Å². The van der Waals surface area contributed by atoms with Gasteiger partial charge < -0.3 is 14.2 Å². The van der Waals surface area contributed by atoms with Crippen LogP contribution in [0.15, 0.2) is 41.3 Å². The van der Waals surface area contributed by atoms with Gasteiger partial charge in [-0.1, -0.05) is 48.6 Å². The third-order valence-corrected chi connectivity index (χ3v) is 7.43. The Labute approximate surface area is 120 Å². The van der Waals surface area contributed by atoms with Crippen LogP contribution in [0.5, 0.6) is 0 Å². The molecule has 0 aromatic heterocycles. The maximum absolute atomic E-state index is 12.6. The van der Waals surface area contributed by atoms with E-state index in [9.17, 15) is 4.79 Å². The summed E-state index contributed by atoms with van der Waals surface area (Å²) >= 11 is 0. The Kier molecular flexibility index (Phi) is 3.86. The Morgan fingerprint density at radius 1 is 1.00 bits per heavy atom. The van der Waals surface area contributed by atoms with Crippen LogP contribution in [0.1, 0.15) is 0 Å². The molecule has 0 aliphatic heterocycles. The Bertz CT molecular complexity index is 544. The van der Waals surface area contributed by atoms with E-state index >= 15 is 0 Å². The lowest BCUT2D eigenvalue weighted by Gasteiger charge is -2.44. The van der Waals surface area contributed by atoms with Gasteiger partial charge in [0.25, 0.3) is 5.79 Å². The number of ether oxygens (including phenoxy) is 3. The summed E-state index contributed by atoms with van der Waals surface area (Å²) in [5, 5.41) is 1.91. The van der Waals surface area contributed by atoms with E-state index in [2.05, 4.69) is 25.2 Å². The molecule has 0 unspecified atom stereocenters. The molecule has 0 saturated carbocycles. The van der Waals surface area contributed by atoms with E-state index in [0.717, 1.165) is 5.20 Å². The number of carbonyl (C=O) groups is 1. The van der Waals surface area contributed by atoms with Crippen molar-refractivity contribution in [1.82, 2.24) is 0 Å². The van der Waals surface area contributed by atoms with Gasteiger partial charge in [-0.2, -0.15) is 0 Å². The molecule has 0 spiro atoms. The predicted octanol–water partition coefficient (Wildman–Crippen LogP) is 1.61. The van der Waals surface area contributed by atoms with Gasteiger partial charge in [-0.05, 0) is 0 Å². The number of hydrogen-bond donors (Lipinski definition) is 0. The van der Waals surface area contributed by atoms with Gasteiger partial charge in [-0.3, -0.25) is 4.79 Å². The maximum Gasteiger partial charge on any atom is 0.292 e. The first-order valence-corrected chi connectivity index (χ1v) is 9.45. The van der Waals surface area contributed by atoms with Crippen LogP contribution in [-0.2, 0) is 19.0 Å². The van der Waals surface area contributed by atoms with Crippen LogP contribution in [0, 0.1) is 0 Å². The molecular formula is C15H20O4Si. The first-order chi connectivity index (χ1) is 9.45. The maximum atomic E-state index is 12.6. The summed E-state index contributed by atoms with van der Waals surface area (Å²) in [7, 11) is 2.33. The minimum atomic E-state index is -2.12. The highest BCUT2D eigenvalue weighted by Gasteiger charge is 2.61. The monoisotopic (exact) mass is 292 g/mol. The molecule has 20 heavy (non-hydrogen) atoms. The average Bonchev–Trinajstić information content (AvgIpc) is 2.46. The third-order valence-electron chi connectivity index (χ3n) is 3.95. The molecule has 0 amide bonds. The summed E-state index contributed by atoms with van der Waals surface area (Å²) in [5.74, 6) is -0.976. The molecule has 0 atom stereocenters. The fraction of sp³-hybridized carbons (Fsp3) is 0.400. The van der Waals surface area contributed by atoms with Crippen LogP contribution in [0.25, 0.3) is 0 Å². The quantitative estimate of drug-likeness (QED) is 0.611. The topological polar surface area (TPSA) is 44.8 Å². The molecule has 2 rings (SSSR count). The molecule has 0 fully saturated rings. The van der Waals surface area contributed by atoms with E-state index in [0.29, 0.717) is 5.76 Å². The zero-order chi connectivity index (χ0) is 15.0. The highest BCUT2D eigenvalue weighted by Crippen LogP contribution is 2.43. The van der Waals surface area contributed by atoms with Gasteiger partial charge in [0.1, 0.15) is 8.07 Å². The number of carbonyl (C=O) groups excluding carboxylic acids is 1. The average molecular weight is 292 g/mol. The molecule has 1 aliphatic carbocycles. The highest BCUT2D eigenvalue weighted by atomic mass is 28.3. The van der Waals surface area contributed by atoms with E-state index in [4.69, 9.17) is 14.2 Å². The Hall–Kier alpha value is -1.43. The molecule has 0 heterocycles. The number of benzene rings is 1. The molecule has 1 aliphatic rings. The second-order valence-corrected chi connectivity index (χ2v) is 9.58. The number of methoxy groups -OCH3 is 3. The van der Waals surface area contributed by atoms with Gasteiger partial charge in [0, 0.05) is 19.4 Å². The smallest absolute Gasteiger partial charge is 0.292 e. The highest BCUT2D eigenvalue weighted by molar-refractivity contribution is 6.99. The second kappa shape index (κ2) is 5.16. The zero-order valence-electron chi connectivity index (χ0n) is 12.5. The standard InChI is InChI=1S/C15H20O4Si/c1-17-14-12(13(16)15(14,18-2)19-3)20(4,5)11-9-7-6-8-10-11/h6-10H,1-5H3. The van der Waals surface area contributed by atoms with Gasteiger partial charge in [-0.25, -0.2) is 0 Å². The molecule has 108 valence electrons. The fourth-order valence-electron chi connectivity index (χ4n) is 2.73.